The van der Waals surface area contributed by atoms with Crippen molar-refractivity contribution in [3.05, 3.63) is 29.6 Å². The van der Waals surface area contributed by atoms with E-state index in [0.29, 0.717) is 4.48 Å². The van der Waals surface area contributed by atoms with Crippen LogP contribution in [0.2, 0.25) is 5.15 Å². The van der Waals surface area contributed by atoms with Crippen LogP contribution < -0.4 is 0 Å². The van der Waals surface area contributed by atoms with Crippen LogP contribution in [0.5, 0.6) is 0 Å². The SMILES string of the molecule is C=C(Br)c1ncnc(Cl)c1F. The molecule has 0 radical (unpaired) electrons. The molecule has 2 nitrogen and oxygen atoms in total. The molecule has 0 N–H and O–H groups in total. The number of aromatic nitrogens is 2. The van der Waals surface area contributed by atoms with E-state index < -0.39 is 5.82 Å². The second-order valence-corrected chi connectivity index (χ2v) is 3.05. The van der Waals surface area contributed by atoms with Gasteiger partial charge in [0.1, 0.15) is 12.0 Å². The lowest BCUT2D eigenvalue weighted by Gasteiger charge is -1.98. The van der Waals surface area contributed by atoms with Crippen molar-refractivity contribution in [2.24, 2.45) is 0 Å². The Hall–Kier alpha value is -0.480. The number of hydrogen-bond donors (Lipinski definition) is 0. The Bertz CT molecular complexity index is 303. The Morgan fingerprint density at radius 1 is 1.64 bits per heavy atom. The lowest BCUT2D eigenvalue weighted by atomic mass is 10.4. The molecule has 0 saturated carbocycles. The third-order valence-corrected chi connectivity index (χ3v) is 1.64. The molecule has 0 saturated heterocycles. The van der Waals surface area contributed by atoms with Crippen molar-refractivity contribution in [3.63, 3.8) is 0 Å². The van der Waals surface area contributed by atoms with Gasteiger partial charge in [-0.3, -0.25) is 0 Å². The largest absolute Gasteiger partial charge is 0.233 e. The summed E-state index contributed by atoms with van der Waals surface area (Å²) in [6.07, 6.45) is 1.17. The average Bonchev–Trinajstić information content (AvgIpc) is 1.94. The summed E-state index contributed by atoms with van der Waals surface area (Å²) in [7, 11) is 0. The van der Waals surface area contributed by atoms with E-state index in [4.69, 9.17) is 11.6 Å². The third kappa shape index (κ3) is 1.75. The molecule has 1 aromatic heterocycles. The lowest BCUT2D eigenvalue weighted by molar-refractivity contribution is 0.610. The Labute approximate surface area is 76.2 Å². The first-order valence-electron chi connectivity index (χ1n) is 2.63. The number of rotatable bonds is 1. The van der Waals surface area contributed by atoms with Gasteiger partial charge in [0, 0.05) is 4.48 Å². The van der Waals surface area contributed by atoms with Gasteiger partial charge in [0.25, 0.3) is 0 Å². The first kappa shape index (κ1) is 8.62. The normalized spacial score (nSPS) is 9.73. The van der Waals surface area contributed by atoms with Gasteiger partial charge in [-0.15, -0.1) is 0 Å². The predicted molar refractivity (Wildman–Crippen MR) is 45.0 cm³/mol. The quantitative estimate of drug-likeness (QED) is 0.702. The fourth-order valence-electron chi connectivity index (χ4n) is 0.537. The second kappa shape index (κ2) is 3.28. The van der Waals surface area contributed by atoms with Crippen molar-refractivity contribution >= 4 is 32.0 Å². The smallest absolute Gasteiger partial charge is 0.187 e. The number of nitrogens with zero attached hydrogens (tertiary/aromatic N) is 2. The highest BCUT2D eigenvalue weighted by molar-refractivity contribution is 9.15. The van der Waals surface area contributed by atoms with Gasteiger partial charge >= 0.3 is 0 Å². The zero-order valence-electron chi connectivity index (χ0n) is 5.31. The molecule has 0 aromatic carbocycles. The van der Waals surface area contributed by atoms with Crippen molar-refractivity contribution in [1.29, 1.82) is 0 Å². The van der Waals surface area contributed by atoms with Crippen molar-refractivity contribution < 1.29 is 4.39 Å². The van der Waals surface area contributed by atoms with E-state index in [1.165, 1.54) is 6.33 Å². The van der Waals surface area contributed by atoms with Crippen LogP contribution in [0.15, 0.2) is 12.9 Å². The van der Waals surface area contributed by atoms with E-state index in [1.54, 1.807) is 0 Å². The molecule has 1 heterocycles. The summed E-state index contributed by atoms with van der Waals surface area (Å²) in [6, 6.07) is 0. The van der Waals surface area contributed by atoms with Crippen LogP contribution in [0.3, 0.4) is 0 Å². The highest BCUT2D eigenvalue weighted by Crippen LogP contribution is 2.22. The van der Waals surface area contributed by atoms with Crippen molar-refractivity contribution in [1.82, 2.24) is 9.97 Å². The van der Waals surface area contributed by atoms with Gasteiger partial charge in [-0.25, -0.2) is 14.4 Å². The number of halogens is 3. The summed E-state index contributed by atoms with van der Waals surface area (Å²) in [6.45, 7) is 3.46. The summed E-state index contributed by atoms with van der Waals surface area (Å²) >= 11 is 8.35. The van der Waals surface area contributed by atoms with Crippen LogP contribution in [0, 0.1) is 5.82 Å². The molecule has 0 aliphatic heterocycles. The molecule has 0 aliphatic rings. The lowest BCUT2D eigenvalue weighted by Crippen LogP contribution is -1.92. The van der Waals surface area contributed by atoms with Crippen LogP contribution >= 0.6 is 27.5 Å². The topological polar surface area (TPSA) is 25.8 Å². The third-order valence-electron chi connectivity index (χ3n) is 1.00. The fourth-order valence-corrected chi connectivity index (χ4v) is 0.947. The summed E-state index contributed by atoms with van der Waals surface area (Å²) in [5.74, 6) is -0.656. The van der Waals surface area contributed by atoms with E-state index in [-0.39, 0.29) is 10.8 Å². The van der Waals surface area contributed by atoms with Crippen LogP contribution in [0.4, 0.5) is 4.39 Å². The summed E-state index contributed by atoms with van der Waals surface area (Å²) < 4.78 is 13.3. The van der Waals surface area contributed by atoms with Crippen LogP contribution in [-0.4, -0.2) is 9.97 Å². The standard InChI is InChI=1S/C6H3BrClFN2/c1-3(7)5-4(9)6(8)11-2-10-5/h2H,1H2. The van der Waals surface area contributed by atoms with Gasteiger partial charge in [-0.05, 0) is 15.9 Å². The van der Waals surface area contributed by atoms with Crippen molar-refractivity contribution in [3.8, 4) is 0 Å². The predicted octanol–water partition coefficient (Wildman–Crippen LogP) is 2.63. The highest BCUT2D eigenvalue weighted by Gasteiger charge is 2.09. The zero-order chi connectivity index (χ0) is 8.43. The van der Waals surface area contributed by atoms with E-state index in [1.807, 2.05) is 0 Å². The minimum absolute atomic E-state index is 0.0880. The maximum atomic E-state index is 12.9. The molecule has 0 spiro atoms. The molecule has 0 fully saturated rings. The Kier molecular flexibility index (Phi) is 2.57. The molecular weight excluding hydrogens is 234 g/mol. The molecule has 58 valence electrons. The van der Waals surface area contributed by atoms with Crippen LogP contribution in [0.1, 0.15) is 5.69 Å². The van der Waals surface area contributed by atoms with Gasteiger partial charge in [0.05, 0.1) is 0 Å². The molecule has 0 atom stereocenters. The van der Waals surface area contributed by atoms with Crippen molar-refractivity contribution in [2.45, 2.75) is 0 Å². The molecule has 0 bridgehead atoms. The summed E-state index contributed by atoms with van der Waals surface area (Å²) in [5.41, 5.74) is 0.0880. The maximum Gasteiger partial charge on any atom is 0.187 e. The molecular formula is C6H3BrClFN2. The Morgan fingerprint density at radius 2 is 2.27 bits per heavy atom. The average molecular weight is 237 g/mol. The van der Waals surface area contributed by atoms with E-state index in [0.717, 1.165) is 0 Å². The first-order valence-corrected chi connectivity index (χ1v) is 3.81. The van der Waals surface area contributed by atoms with Crippen molar-refractivity contribution in [2.75, 3.05) is 0 Å². The Balaban J connectivity index is 3.27. The maximum absolute atomic E-state index is 12.9. The van der Waals surface area contributed by atoms with Crippen LogP contribution in [-0.2, 0) is 0 Å². The van der Waals surface area contributed by atoms with E-state index in [9.17, 15) is 4.39 Å². The molecule has 5 heteroatoms. The molecule has 0 aliphatic carbocycles. The van der Waals surface area contributed by atoms with Gasteiger partial charge in [-0.2, -0.15) is 0 Å². The molecule has 0 amide bonds. The fraction of sp³-hybridized carbons (Fsp3) is 0. The minimum atomic E-state index is -0.656. The van der Waals surface area contributed by atoms with E-state index >= 15 is 0 Å². The van der Waals surface area contributed by atoms with Crippen LogP contribution in [0.25, 0.3) is 4.48 Å². The molecule has 1 aromatic rings. The monoisotopic (exact) mass is 236 g/mol. The molecule has 11 heavy (non-hydrogen) atoms. The summed E-state index contributed by atoms with van der Waals surface area (Å²) in [5, 5.41) is -0.199. The first-order chi connectivity index (χ1) is 5.13. The van der Waals surface area contributed by atoms with E-state index in [2.05, 4.69) is 32.5 Å². The minimum Gasteiger partial charge on any atom is -0.233 e. The summed E-state index contributed by atoms with van der Waals surface area (Å²) in [4.78, 5) is 7.06. The number of hydrogen-bond acceptors (Lipinski definition) is 2. The Morgan fingerprint density at radius 3 is 2.73 bits per heavy atom. The van der Waals surface area contributed by atoms with Gasteiger partial charge in [-0.1, -0.05) is 18.2 Å². The van der Waals surface area contributed by atoms with Gasteiger partial charge in [0.2, 0.25) is 0 Å². The highest BCUT2D eigenvalue weighted by atomic mass is 79.9. The molecule has 0 unspecified atom stereocenters. The van der Waals surface area contributed by atoms with Gasteiger partial charge in [0.15, 0.2) is 11.0 Å². The zero-order valence-corrected chi connectivity index (χ0v) is 7.65. The van der Waals surface area contributed by atoms with Gasteiger partial charge < -0.3 is 0 Å². The second-order valence-electron chi connectivity index (χ2n) is 1.73. The molecule has 1 rings (SSSR count).